The second-order valence-corrected chi connectivity index (χ2v) is 4.10. The lowest BCUT2D eigenvalue weighted by atomic mass is 9.73. The number of rotatable bonds is 0. The van der Waals surface area contributed by atoms with E-state index >= 15 is 0 Å². The van der Waals surface area contributed by atoms with Crippen LogP contribution in [0.5, 0.6) is 0 Å². The van der Waals surface area contributed by atoms with Crippen LogP contribution in [0.1, 0.15) is 32.6 Å². The Morgan fingerprint density at radius 2 is 1.80 bits per heavy atom. The number of hydrogen-bond acceptors (Lipinski definition) is 2. The van der Waals surface area contributed by atoms with E-state index in [1.165, 1.54) is 0 Å². The summed E-state index contributed by atoms with van der Waals surface area (Å²) in [5.74, 6) is 0. The molecule has 0 aromatic rings. The highest BCUT2D eigenvalue weighted by molar-refractivity contribution is 5.00. The predicted octanol–water partition coefficient (Wildman–Crippen LogP) is 1.05. The minimum Gasteiger partial charge on any atom is -0.373 e. The third-order valence-electron chi connectivity index (χ3n) is 3.01. The zero-order chi connectivity index (χ0) is 7.24. The Labute approximate surface area is 61.7 Å². The molecule has 10 heavy (non-hydrogen) atoms. The summed E-state index contributed by atoms with van der Waals surface area (Å²) in [6.07, 6.45) is 4.62. The Morgan fingerprint density at radius 1 is 1.20 bits per heavy atom. The molecule has 0 unspecified atom stereocenters. The Bertz CT molecular complexity index is 113. The highest BCUT2D eigenvalue weighted by atomic mass is 16.5. The molecule has 0 spiro atoms. The first-order chi connectivity index (χ1) is 4.62. The molecule has 1 aliphatic carbocycles. The quantitative estimate of drug-likeness (QED) is 0.547. The zero-order valence-corrected chi connectivity index (χ0v) is 6.52. The monoisotopic (exact) mass is 141 g/mol. The molecule has 58 valence electrons. The average Bonchev–Trinajstić information content (AvgIpc) is 1.93. The van der Waals surface area contributed by atoms with Crippen molar-refractivity contribution in [3.05, 3.63) is 0 Å². The normalized spacial score (nSPS) is 53.4. The van der Waals surface area contributed by atoms with Crippen LogP contribution in [0.15, 0.2) is 0 Å². The van der Waals surface area contributed by atoms with E-state index in [1.54, 1.807) is 0 Å². The van der Waals surface area contributed by atoms with Crippen molar-refractivity contribution < 1.29 is 4.74 Å². The fourth-order valence-corrected chi connectivity index (χ4v) is 1.88. The van der Waals surface area contributed by atoms with Gasteiger partial charge in [0.2, 0.25) is 0 Å². The largest absolute Gasteiger partial charge is 0.373 e. The first-order valence-corrected chi connectivity index (χ1v) is 4.05. The maximum absolute atomic E-state index is 6.03. The van der Waals surface area contributed by atoms with Crippen molar-refractivity contribution in [2.45, 2.75) is 43.7 Å². The Kier molecular flexibility index (Phi) is 1.15. The Hall–Kier alpha value is -0.0800. The average molecular weight is 141 g/mol. The van der Waals surface area contributed by atoms with Gasteiger partial charge in [-0.25, -0.2) is 0 Å². The molecule has 0 radical (unpaired) electrons. The van der Waals surface area contributed by atoms with Crippen LogP contribution in [0.3, 0.4) is 0 Å². The third-order valence-corrected chi connectivity index (χ3v) is 3.01. The summed E-state index contributed by atoms with van der Waals surface area (Å²) in [4.78, 5) is 0. The van der Waals surface area contributed by atoms with Crippen molar-refractivity contribution in [1.82, 2.24) is 0 Å². The lowest BCUT2D eigenvalue weighted by molar-refractivity contribution is -0.141. The van der Waals surface area contributed by atoms with Gasteiger partial charge in [-0.1, -0.05) is 0 Å². The molecule has 2 N–H and O–H groups in total. The van der Waals surface area contributed by atoms with E-state index in [0.29, 0.717) is 0 Å². The highest BCUT2D eigenvalue weighted by Gasteiger charge is 2.44. The molecule has 2 bridgehead atoms. The molecule has 0 aromatic carbocycles. The zero-order valence-electron chi connectivity index (χ0n) is 6.52. The van der Waals surface area contributed by atoms with Crippen LogP contribution in [0.2, 0.25) is 0 Å². The molecule has 0 aromatic heterocycles. The van der Waals surface area contributed by atoms with Crippen LogP contribution in [-0.4, -0.2) is 17.7 Å². The first-order valence-electron chi connectivity index (χ1n) is 4.05. The molecule has 2 heterocycles. The second-order valence-electron chi connectivity index (χ2n) is 4.10. The molecule has 0 atom stereocenters. The predicted molar refractivity (Wildman–Crippen MR) is 39.7 cm³/mol. The van der Waals surface area contributed by atoms with Crippen molar-refractivity contribution in [3.63, 3.8) is 0 Å². The minimum atomic E-state index is 0.0394. The summed E-state index contributed by atoms with van der Waals surface area (Å²) < 4.78 is 5.64. The fourth-order valence-electron chi connectivity index (χ4n) is 1.88. The lowest BCUT2D eigenvalue weighted by Gasteiger charge is -2.49. The molecule has 3 fully saturated rings. The van der Waals surface area contributed by atoms with Crippen LogP contribution in [0, 0.1) is 0 Å². The summed E-state index contributed by atoms with van der Waals surface area (Å²) in [5, 5.41) is 0. The van der Waals surface area contributed by atoms with Gasteiger partial charge in [0.1, 0.15) is 0 Å². The van der Waals surface area contributed by atoms with Gasteiger partial charge in [-0.05, 0) is 32.6 Å². The third kappa shape index (κ3) is 0.867. The fraction of sp³-hybridized carbons (Fsp3) is 1.00. The molecule has 2 nitrogen and oxygen atoms in total. The molecule has 2 heteroatoms. The van der Waals surface area contributed by atoms with Gasteiger partial charge in [0, 0.05) is 5.54 Å². The van der Waals surface area contributed by atoms with Crippen LogP contribution < -0.4 is 5.73 Å². The minimum absolute atomic E-state index is 0.0394. The van der Waals surface area contributed by atoms with Crippen LogP contribution in [-0.2, 0) is 4.74 Å². The van der Waals surface area contributed by atoms with E-state index in [2.05, 4.69) is 6.92 Å². The van der Waals surface area contributed by atoms with Crippen molar-refractivity contribution in [3.8, 4) is 0 Å². The van der Waals surface area contributed by atoms with Gasteiger partial charge < -0.3 is 10.5 Å². The standard InChI is InChI=1S/C8H15NO/c1-7-2-4-8(9,5-3-7)6-10-7/h2-6,9H2,1H3. The van der Waals surface area contributed by atoms with Crippen molar-refractivity contribution in [2.75, 3.05) is 6.61 Å². The molecular weight excluding hydrogens is 126 g/mol. The number of hydrogen-bond donors (Lipinski definition) is 1. The second kappa shape index (κ2) is 1.74. The Balaban J connectivity index is 2.16. The van der Waals surface area contributed by atoms with Gasteiger partial charge >= 0.3 is 0 Å². The van der Waals surface area contributed by atoms with Gasteiger partial charge in [-0.15, -0.1) is 0 Å². The van der Waals surface area contributed by atoms with Gasteiger partial charge in [0.25, 0.3) is 0 Å². The van der Waals surface area contributed by atoms with Crippen molar-refractivity contribution >= 4 is 0 Å². The Morgan fingerprint density at radius 3 is 2.10 bits per heavy atom. The van der Waals surface area contributed by atoms with Crippen LogP contribution in [0.4, 0.5) is 0 Å². The van der Waals surface area contributed by atoms with E-state index in [1.807, 2.05) is 0 Å². The maximum Gasteiger partial charge on any atom is 0.0656 e. The van der Waals surface area contributed by atoms with Crippen LogP contribution >= 0.6 is 0 Å². The molecule has 3 aliphatic rings. The molecule has 3 rings (SSSR count). The van der Waals surface area contributed by atoms with Crippen molar-refractivity contribution in [2.24, 2.45) is 5.73 Å². The highest BCUT2D eigenvalue weighted by Crippen LogP contribution is 2.41. The van der Waals surface area contributed by atoms with Crippen molar-refractivity contribution in [1.29, 1.82) is 0 Å². The molecular formula is C8H15NO. The smallest absolute Gasteiger partial charge is 0.0656 e. The summed E-state index contributed by atoms with van der Waals surface area (Å²) in [6.45, 7) is 2.98. The van der Waals surface area contributed by atoms with E-state index in [9.17, 15) is 0 Å². The van der Waals surface area contributed by atoms with Gasteiger partial charge in [-0.2, -0.15) is 0 Å². The summed E-state index contributed by atoms with van der Waals surface area (Å²) >= 11 is 0. The van der Waals surface area contributed by atoms with Crippen LogP contribution in [0.25, 0.3) is 0 Å². The lowest BCUT2D eigenvalue weighted by Crippen LogP contribution is -2.58. The molecule has 0 amide bonds. The number of nitrogens with two attached hydrogens (primary N) is 1. The van der Waals surface area contributed by atoms with Gasteiger partial charge in [0.15, 0.2) is 0 Å². The SMILES string of the molecule is CC12CCC(N)(CC1)CO2. The topological polar surface area (TPSA) is 35.2 Å². The van der Waals surface area contributed by atoms with E-state index in [-0.39, 0.29) is 11.1 Å². The van der Waals surface area contributed by atoms with Gasteiger partial charge in [0.05, 0.1) is 12.2 Å². The first kappa shape index (κ1) is 6.62. The molecule has 2 saturated heterocycles. The summed E-state index contributed by atoms with van der Waals surface area (Å²) in [6, 6.07) is 0. The van der Waals surface area contributed by atoms with E-state index in [0.717, 1.165) is 32.3 Å². The maximum atomic E-state index is 6.03. The molecule has 1 saturated carbocycles. The van der Waals surface area contributed by atoms with Gasteiger partial charge in [-0.3, -0.25) is 0 Å². The number of ether oxygens (including phenoxy) is 1. The van der Waals surface area contributed by atoms with E-state index < -0.39 is 0 Å². The molecule has 2 aliphatic heterocycles. The summed E-state index contributed by atoms with van der Waals surface area (Å²) in [7, 11) is 0. The summed E-state index contributed by atoms with van der Waals surface area (Å²) in [5.41, 5.74) is 6.25. The number of fused-ring (bicyclic) bond motifs is 3. The van der Waals surface area contributed by atoms with E-state index in [4.69, 9.17) is 10.5 Å².